The summed E-state index contributed by atoms with van der Waals surface area (Å²) in [6, 6.07) is 18.9. The van der Waals surface area contributed by atoms with Crippen molar-refractivity contribution in [3.63, 3.8) is 0 Å². The molecule has 0 N–H and O–H groups in total. The van der Waals surface area contributed by atoms with Crippen LogP contribution in [0.4, 0.5) is 0 Å². The van der Waals surface area contributed by atoms with Gasteiger partial charge in [0.05, 0.1) is 17.2 Å². The van der Waals surface area contributed by atoms with Gasteiger partial charge in [0.2, 0.25) is 5.91 Å². The molecule has 2 aromatic carbocycles. The summed E-state index contributed by atoms with van der Waals surface area (Å²) in [6.07, 6.45) is 2.10. The molecule has 1 aromatic heterocycles. The summed E-state index contributed by atoms with van der Waals surface area (Å²) >= 11 is 1.58. The normalized spacial score (nSPS) is 16.5. The van der Waals surface area contributed by atoms with E-state index in [1.54, 1.807) is 11.3 Å². The molecule has 4 heteroatoms. The molecule has 126 valence electrons. The van der Waals surface area contributed by atoms with E-state index in [1.807, 2.05) is 34.0 Å². The van der Waals surface area contributed by atoms with Crippen LogP contribution in [0.25, 0.3) is 0 Å². The number of hydrogen-bond donors (Lipinski definition) is 0. The Hall–Kier alpha value is -2.46. The highest BCUT2D eigenvalue weighted by molar-refractivity contribution is 7.07. The van der Waals surface area contributed by atoms with Crippen LogP contribution in [-0.4, -0.2) is 15.8 Å². The zero-order valence-electron chi connectivity index (χ0n) is 14.0. The summed E-state index contributed by atoms with van der Waals surface area (Å²) in [7, 11) is 0. The smallest absolute Gasteiger partial charge is 0.223 e. The van der Waals surface area contributed by atoms with Crippen LogP contribution in [0.15, 0.2) is 65.5 Å². The van der Waals surface area contributed by atoms with Gasteiger partial charge in [0.1, 0.15) is 0 Å². The zero-order chi connectivity index (χ0) is 17.1. The number of benzene rings is 2. The molecule has 25 heavy (non-hydrogen) atoms. The van der Waals surface area contributed by atoms with Crippen LogP contribution in [0, 0.1) is 0 Å². The SMILES string of the molecule is O=C(CCc1cscn1)N1Cc2ccccc2CC1c1ccccc1. The lowest BCUT2D eigenvalue weighted by molar-refractivity contribution is -0.134. The number of hydrogen-bond acceptors (Lipinski definition) is 3. The molecule has 0 bridgehead atoms. The van der Waals surface area contributed by atoms with Crippen molar-refractivity contribution in [2.75, 3.05) is 0 Å². The molecule has 1 aliphatic heterocycles. The lowest BCUT2D eigenvalue weighted by atomic mass is 9.89. The van der Waals surface area contributed by atoms with Crippen molar-refractivity contribution >= 4 is 17.2 Å². The fraction of sp³-hybridized carbons (Fsp3) is 0.238. The van der Waals surface area contributed by atoms with E-state index in [0.717, 1.165) is 12.1 Å². The van der Waals surface area contributed by atoms with Gasteiger partial charge in [0, 0.05) is 18.3 Å². The number of thiazole rings is 1. The highest BCUT2D eigenvalue weighted by atomic mass is 32.1. The standard InChI is InChI=1S/C21H20N2OS/c24-21(11-10-19-14-25-15-22-19)23-13-18-9-5-4-8-17(18)12-20(23)16-6-2-1-3-7-16/h1-9,14-15,20H,10-13H2. The number of nitrogens with zero attached hydrogens (tertiary/aromatic N) is 2. The van der Waals surface area contributed by atoms with Gasteiger partial charge in [-0.1, -0.05) is 54.6 Å². The maximum absolute atomic E-state index is 13.0. The van der Waals surface area contributed by atoms with Gasteiger partial charge < -0.3 is 4.90 Å². The summed E-state index contributed by atoms with van der Waals surface area (Å²) < 4.78 is 0. The summed E-state index contributed by atoms with van der Waals surface area (Å²) in [5.41, 5.74) is 6.65. The maximum Gasteiger partial charge on any atom is 0.223 e. The Balaban J connectivity index is 1.59. The minimum Gasteiger partial charge on any atom is -0.331 e. The lowest BCUT2D eigenvalue weighted by Crippen LogP contribution is -2.39. The molecule has 0 aliphatic carbocycles. The number of carbonyl (C=O) groups excluding carboxylic acids is 1. The van der Waals surface area contributed by atoms with Gasteiger partial charge in [-0.25, -0.2) is 4.98 Å². The molecule has 1 unspecified atom stereocenters. The van der Waals surface area contributed by atoms with E-state index in [2.05, 4.69) is 41.4 Å². The van der Waals surface area contributed by atoms with E-state index < -0.39 is 0 Å². The molecule has 0 fully saturated rings. The molecule has 2 heterocycles. The average Bonchev–Trinajstić information content (AvgIpc) is 3.19. The first-order valence-corrected chi connectivity index (χ1v) is 9.54. The molecule has 1 amide bonds. The van der Waals surface area contributed by atoms with Gasteiger partial charge in [-0.15, -0.1) is 11.3 Å². The summed E-state index contributed by atoms with van der Waals surface area (Å²) in [4.78, 5) is 19.3. The molecule has 3 nitrogen and oxygen atoms in total. The Morgan fingerprint density at radius 1 is 1.08 bits per heavy atom. The minimum atomic E-state index is 0.110. The van der Waals surface area contributed by atoms with Crippen molar-refractivity contribution < 1.29 is 4.79 Å². The van der Waals surface area contributed by atoms with Crippen molar-refractivity contribution in [2.24, 2.45) is 0 Å². The third-order valence-electron chi connectivity index (χ3n) is 4.83. The first-order valence-electron chi connectivity index (χ1n) is 8.59. The van der Waals surface area contributed by atoms with Gasteiger partial charge >= 0.3 is 0 Å². The Kier molecular flexibility index (Phi) is 4.61. The number of aromatic nitrogens is 1. The van der Waals surface area contributed by atoms with E-state index >= 15 is 0 Å². The summed E-state index contributed by atoms with van der Waals surface area (Å²) in [5.74, 6) is 0.205. The molecule has 1 aliphatic rings. The van der Waals surface area contributed by atoms with E-state index in [-0.39, 0.29) is 11.9 Å². The fourth-order valence-electron chi connectivity index (χ4n) is 3.50. The minimum absolute atomic E-state index is 0.110. The Morgan fingerprint density at radius 2 is 1.84 bits per heavy atom. The van der Waals surface area contributed by atoms with E-state index in [1.165, 1.54) is 16.7 Å². The van der Waals surface area contributed by atoms with E-state index in [4.69, 9.17) is 0 Å². The highest BCUT2D eigenvalue weighted by Gasteiger charge is 2.30. The average molecular weight is 348 g/mol. The van der Waals surface area contributed by atoms with E-state index in [0.29, 0.717) is 19.4 Å². The number of amides is 1. The van der Waals surface area contributed by atoms with Crippen molar-refractivity contribution in [3.05, 3.63) is 87.9 Å². The second kappa shape index (κ2) is 7.19. The monoisotopic (exact) mass is 348 g/mol. The second-order valence-corrected chi connectivity index (χ2v) is 7.12. The number of carbonyl (C=O) groups is 1. The number of rotatable bonds is 4. The van der Waals surface area contributed by atoms with Crippen LogP contribution in [0.2, 0.25) is 0 Å². The first kappa shape index (κ1) is 16.0. The molecule has 4 rings (SSSR count). The molecule has 0 saturated carbocycles. The zero-order valence-corrected chi connectivity index (χ0v) is 14.8. The lowest BCUT2D eigenvalue weighted by Gasteiger charge is -2.37. The third-order valence-corrected chi connectivity index (χ3v) is 5.47. The van der Waals surface area contributed by atoms with Crippen LogP contribution in [0.3, 0.4) is 0 Å². The van der Waals surface area contributed by atoms with Gasteiger partial charge in [-0.2, -0.15) is 0 Å². The predicted octanol–water partition coefficient (Wildman–Crippen LogP) is 4.40. The van der Waals surface area contributed by atoms with Crippen LogP contribution >= 0.6 is 11.3 Å². The number of aryl methyl sites for hydroxylation is 1. The van der Waals surface area contributed by atoms with Crippen molar-refractivity contribution in [2.45, 2.75) is 31.8 Å². The van der Waals surface area contributed by atoms with Crippen molar-refractivity contribution in [1.29, 1.82) is 0 Å². The predicted molar refractivity (Wildman–Crippen MR) is 100 cm³/mol. The fourth-order valence-corrected chi connectivity index (χ4v) is 4.09. The van der Waals surface area contributed by atoms with Crippen molar-refractivity contribution in [3.8, 4) is 0 Å². The first-order chi connectivity index (χ1) is 12.3. The molecular formula is C21H20N2OS. The van der Waals surface area contributed by atoms with Crippen molar-refractivity contribution in [1.82, 2.24) is 9.88 Å². The topological polar surface area (TPSA) is 33.2 Å². The molecular weight excluding hydrogens is 328 g/mol. The molecule has 0 radical (unpaired) electrons. The Morgan fingerprint density at radius 3 is 2.60 bits per heavy atom. The van der Waals surface area contributed by atoms with Crippen LogP contribution < -0.4 is 0 Å². The van der Waals surface area contributed by atoms with Gasteiger partial charge in [-0.05, 0) is 29.5 Å². The van der Waals surface area contributed by atoms with E-state index in [9.17, 15) is 4.79 Å². The summed E-state index contributed by atoms with van der Waals surface area (Å²) in [5, 5.41) is 2.02. The molecule has 0 spiro atoms. The van der Waals surface area contributed by atoms with Gasteiger partial charge in [-0.3, -0.25) is 4.79 Å². The quantitative estimate of drug-likeness (QED) is 0.700. The highest BCUT2D eigenvalue weighted by Crippen LogP contribution is 2.33. The van der Waals surface area contributed by atoms with Crippen LogP contribution in [0.5, 0.6) is 0 Å². The Labute approximate surface area is 152 Å². The summed E-state index contributed by atoms with van der Waals surface area (Å²) in [6.45, 7) is 0.686. The molecule has 1 atom stereocenters. The second-order valence-electron chi connectivity index (χ2n) is 6.40. The van der Waals surface area contributed by atoms with Crippen LogP contribution in [0.1, 0.15) is 34.8 Å². The maximum atomic E-state index is 13.0. The third kappa shape index (κ3) is 3.49. The Bertz CT molecular complexity index is 845. The van der Waals surface area contributed by atoms with Gasteiger partial charge in [0.15, 0.2) is 0 Å². The number of fused-ring (bicyclic) bond motifs is 1. The molecule has 3 aromatic rings. The molecule has 0 saturated heterocycles. The van der Waals surface area contributed by atoms with Gasteiger partial charge in [0.25, 0.3) is 0 Å². The van der Waals surface area contributed by atoms with Crippen LogP contribution in [-0.2, 0) is 24.2 Å². The largest absolute Gasteiger partial charge is 0.331 e.